The maximum atomic E-state index is 14.0. The Kier molecular flexibility index (Phi) is 5.22. The van der Waals surface area contributed by atoms with Crippen molar-refractivity contribution in [2.75, 3.05) is 26.2 Å². The molecule has 27 heavy (non-hydrogen) atoms. The molecule has 1 amide bonds. The molecule has 1 aliphatic heterocycles. The Morgan fingerprint density at radius 2 is 1.93 bits per heavy atom. The first-order valence-electron chi connectivity index (χ1n) is 8.66. The number of benzene rings is 1. The molecule has 144 valence electrons. The van der Waals surface area contributed by atoms with Gasteiger partial charge in [0.05, 0.1) is 16.2 Å². The molecule has 0 aliphatic carbocycles. The zero-order valence-corrected chi connectivity index (χ0v) is 15.5. The lowest BCUT2D eigenvalue weighted by Gasteiger charge is -2.34. The van der Waals surface area contributed by atoms with Crippen LogP contribution in [0.15, 0.2) is 16.7 Å². The normalized spacial score (nSPS) is 15.2. The molecule has 0 unspecified atom stereocenters. The molecular weight excluding hydrogens is 355 g/mol. The predicted molar refractivity (Wildman–Crippen MR) is 94.9 cm³/mol. The maximum Gasteiger partial charge on any atom is 0.276 e. The molecule has 2 aromatic rings. The third kappa shape index (κ3) is 3.82. The van der Waals surface area contributed by atoms with E-state index in [1.54, 1.807) is 4.90 Å². The number of aryl methyl sites for hydroxylation is 2. The summed E-state index contributed by atoms with van der Waals surface area (Å²) in [5, 5.41) is 15.0. The summed E-state index contributed by atoms with van der Waals surface area (Å²) >= 11 is 0. The minimum absolute atomic E-state index is 0.00368. The standard InChI is InChI=1S/C18H21FN4O4/c1-11-16(19)8-14(9-17(11)23(25)26)18(24)22-6-4-21(5-7-22)10-15-12(2)20-27-13(15)3/h8-9H,4-7,10H2,1-3H3. The van der Waals surface area contributed by atoms with Crippen LogP contribution in [0.5, 0.6) is 0 Å². The minimum Gasteiger partial charge on any atom is -0.361 e. The van der Waals surface area contributed by atoms with Crippen molar-refractivity contribution < 1.29 is 18.6 Å². The molecule has 1 fully saturated rings. The topological polar surface area (TPSA) is 92.7 Å². The van der Waals surface area contributed by atoms with E-state index in [1.165, 1.54) is 6.92 Å². The Balaban J connectivity index is 1.68. The van der Waals surface area contributed by atoms with Gasteiger partial charge in [-0.3, -0.25) is 19.8 Å². The van der Waals surface area contributed by atoms with Crippen LogP contribution in [-0.4, -0.2) is 52.0 Å². The smallest absolute Gasteiger partial charge is 0.276 e. The molecule has 1 aliphatic rings. The summed E-state index contributed by atoms with van der Waals surface area (Å²) in [5.74, 6) is -0.355. The molecule has 2 heterocycles. The zero-order chi connectivity index (χ0) is 19.7. The highest BCUT2D eigenvalue weighted by Gasteiger charge is 2.26. The van der Waals surface area contributed by atoms with Crippen molar-refractivity contribution in [2.24, 2.45) is 0 Å². The molecule has 1 aromatic carbocycles. The number of nitrogens with zero attached hydrogens (tertiary/aromatic N) is 4. The van der Waals surface area contributed by atoms with E-state index in [0.29, 0.717) is 32.7 Å². The highest BCUT2D eigenvalue weighted by atomic mass is 19.1. The third-order valence-electron chi connectivity index (χ3n) is 4.98. The van der Waals surface area contributed by atoms with Gasteiger partial charge in [-0.05, 0) is 26.8 Å². The molecule has 8 nitrogen and oxygen atoms in total. The highest BCUT2D eigenvalue weighted by Crippen LogP contribution is 2.24. The number of hydrogen-bond acceptors (Lipinski definition) is 6. The van der Waals surface area contributed by atoms with Gasteiger partial charge in [0.25, 0.3) is 11.6 Å². The lowest BCUT2D eigenvalue weighted by molar-refractivity contribution is -0.385. The Hall–Kier alpha value is -2.81. The first-order chi connectivity index (χ1) is 12.8. The summed E-state index contributed by atoms with van der Waals surface area (Å²) in [5.41, 5.74) is 1.46. The molecule has 0 spiro atoms. The van der Waals surface area contributed by atoms with Gasteiger partial charge in [0.2, 0.25) is 0 Å². The molecule has 1 aromatic heterocycles. The van der Waals surface area contributed by atoms with Crippen molar-refractivity contribution in [1.82, 2.24) is 15.0 Å². The summed E-state index contributed by atoms with van der Waals surface area (Å²) in [6.45, 7) is 8.00. The average Bonchev–Trinajstić information content (AvgIpc) is 2.95. The van der Waals surface area contributed by atoms with Gasteiger partial charge < -0.3 is 9.42 Å². The monoisotopic (exact) mass is 376 g/mol. The van der Waals surface area contributed by atoms with Gasteiger partial charge in [-0.15, -0.1) is 0 Å². The number of carbonyl (C=O) groups excluding carboxylic acids is 1. The van der Waals surface area contributed by atoms with Crippen LogP contribution in [0, 0.1) is 36.7 Å². The average molecular weight is 376 g/mol. The van der Waals surface area contributed by atoms with Gasteiger partial charge in [0.1, 0.15) is 11.6 Å². The first kappa shape index (κ1) is 19.0. The van der Waals surface area contributed by atoms with Crippen LogP contribution in [-0.2, 0) is 6.54 Å². The summed E-state index contributed by atoms with van der Waals surface area (Å²) in [6, 6.07) is 2.22. The van der Waals surface area contributed by atoms with Crippen LogP contribution in [0.2, 0.25) is 0 Å². The Bertz CT molecular complexity index is 868. The van der Waals surface area contributed by atoms with Crippen molar-refractivity contribution in [3.63, 3.8) is 0 Å². The molecule has 0 N–H and O–H groups in total. The van der Waals surface area contributed by atoms with E-state index in [-0.39, 0.29) is 16.8 Å². The van der Waals surface area contributed by atoms with E-state index in [2.05, 4.69) is 10.1 Å². The lowest BCUT2D eigenvalue weighted by atomic mass is 10.1. The van der Waals surface area contributed by atoms with Gasteiger partial charge in [-0.1, -0.05) is 5.16 Å². The van der Waals surface area contributed by atoms with Crippen molar-refractivity contribution in [1.29, 1.82) is 0 Å². The molecule has 3 rings (SSSR count). The van der Waals surface area contributed by atoms with Crippen LogP contribution in [0.1, 0.15) is 32.9 Å². The van der Waals surface area contributed by atoms with Crippen LogP contribution in [0.25, 0.3) is 0 Å². The number of piperazine rings is 1. The Morgan fingerprint density at radius 3 is 2.48 bits per heavy atom. The van der Waals surface area contributed by atoms with E-state index < -0.39 is 16.6 Å². The fourth-order valence-electron chi connectivity index (χ4n) is 3.22. The van der Waals surface area contributed by atoms with E-state index in [0.717, 1.165) is 29.2 Å². The zero-order valence-electron chi connectivity index (χ0n) is 15.5. The van der Waals surface area contributed by atoms with E-state index >= 15 is 0 Å². The summed E-state index contributed by atoms with van der Waals surface area (Å²) in [4.78, 5) is 26.8. The van der Waals surface area contributed by atoms with E-state index in [1.807, 2.05) is 13.8 Å². The Labute approximate surface area is 155 Å². The fourth-order valence-corrected chi connectivity index (χ4v) is 3.22. The van der Waals surface area contributed by atoms with Gasteiger partial charge in [0, 0.05) is 49.9 Å². The quantitative estimate of drug-likeness (QED) is 0.602. The predicted octanol–water partition coefficient (Wildman–Crippen LogP) is 2.61. The van der Waals surface area contributed by atoms with Crippen LogP contribution in [0.4, 0.5) is 10.1 Å². The SMILES string of the molecule is Cc1noc(C)c1CN1CCN(C(=O)c2cc(F)c(C)c([N+](=O)[O-])c2)CC1. The lowest BCUT2D eigenvalue weighted by Crippen LogP contribution is -2.48. The molecule has 1 saturated heterocycles. The molecule has 9 heteroatoms. The molecule has 0 atom stereocenters. The number of amides is 1. The van der Waals surface area contributed by atoms with E-state index in [9.17, 15) is 19.3 Å². The van der Waals surface area contributed by atoms with Gasteiger partial charge in [0.15, 0.2) is 0 Å². The second kappa shape index (κ2) is 7.43. The summed E-state index contributed by atoms with van der Waals surface area (Å²) in [7, 11) is 0. The number of rotatable bonds is 4. The fraction of sp³-hybridized carbons (Fsp3) is 0.444. The Morgan fingerprint density at radius 1 is 1.26 bits per heavy atom. The number of hydrogen-bond donors (Lipinski definition) is 0. The maximum absolute atomic E-state index is 14.0. The second-order valence-electron chi connectivity index (χ2n) is 6.73. The van der Waals surface area contributed by atoms with Crippen molar-refractivity contribution in [2.45, 2.75) is 27.3 Å². The number of aromatic nitrogens is 1. The minimum atomic E-state index is -0.746. The first-order valence-corrected chi connectivity index (χ1v) is 8.66. The van der Waals surface area contributed by atoms with Crippen molar-refractivity contribution in [3.8, 4) is 0 Å². The van der Waals surface area contributed by atoms with Gasteiger partial charge in [-0.25, -0.2) is 4.39 Å². The molecule has 0 bridgehead atoms. The van der Waals surface area contributed by atoms with E-state index in [4.69, 9.17) is 4.52 Å². The number of carbonyl (C=O) groups is 1. The number of nitro groups is 1. The van der Waals surface area contributed by atoms with Crippen molar-refractivity contribution >= 4 is 11.6 Å². The molecular formula is C18H21FN4O4. The molecule has 0 saturated carbocycles. The van der Waals surface area contributed by atoms with Gasteiger partial charge in [-0.2, -0.15) is 0 Å². The summed E-state index contributed by atoms with van der Waals surface area (Å²) in [6.07, 6.45) is 0. The molecule has 0 radical (unpaired) electrons. The van der Waals surface area contributed by atoms with Crippen LogP contribution in [0.3, 0.4) is 0 Å². The number of halogens is 1. The van der Waals surface area contributed by atoms with Crippen molar-refractivity contribution in [3.05, 3.63) is 56.2 Å². The van der Waals surface area contributed by atoms with Gasteiger partial charge >= 0.3 is 0 Å². The largest absolute Gasteiger partial charge is 0.361 e. The highest BCUT2D eigenvalue weighted by molar-refractivity contribution is 5.95. The third-order valence-corrected chi connectivity index (χ3v) is 4.98. The van der Waals surface area contributed by atoms with Crippen LogP contribution < -0.4 is 0 Å². The van der Waals surface area contributed by atoms with Crippen LogP contribution >= 0.6 is 0 Å². The second-order valence-corrected chi connectivity index (χ2v) is 6.73. The summed E-state index contributed by atoms with van der Waals surface area (Å²) < 4.78 is 19.2. The number of nitro benzene ring substituents is 1.